The monoisotopic (exact) mass is 438 g/mol. The summed E-state index contributed by atoms with van der Waals surface area (Å²) in [4.78, 5) is 24.5. The van der Waals surface area contributed by atoms with Gasteiger partial charge in [-0.1, -0.05) is 39.7 Å². The minimum absolute atomic E-state index is 0.00560. The molecule has 0 amide bonds. The second kappa shape index (κ2) is 8.08. The first-order valence-corrected chi connectivity index (χ1v) is 9.44. The Balaban J connectivity index is 1.67. The molecular weight excluding hydrogens is 428 g/mol. The van der Waals surface area contributed by atoms with Crippen molar-refractivity contribution in [1.82, 2.24) is 0 Å². The number of hydrogen-bond acceptors (Lipinski definition) is 5. The van der Waals surface area contributed by atoms with Crippen molar-refractivity contribution in [2.75, 3.05) is 5.75 Å². The lowest BCUT2D eigenvalue weighted by molar-refractivity contribution is -0.141. The summed E-state index contributed by atoms with van der Waals surface area (Å²) in [5.41, 5.74) is 0.565. The fraction of sp³-hybridized carbons (Fsp3) is 0.111. The van der Waals surface area contributed by atoms with Crippen LogP contribution in [0.4, 0.5) is 0 Å². The predicted molar refractivity (Wildman–Crippen MR) is 102 cm³/mol. The Morgan fingerprint density at radius 3 is 2.80 bits per heavy atom. The predicted octanol–water partition coefficient (Wildman–Crippen LogP) is 5.04. The van der Waals surface area contributed by atoms with Gasteiger partial charge < -0.3 is 9.15 Å². The number of benzene rings is 2. The van der Waals surface area contributed by atoms with Gasteiger partial charge in [-0.3, -0.25) is 4.79 Å². The molecule has 0 saturated heterocycles. The molecule has 1 heterocycles. The van der Waals surface area contributed by atoms with E-state index in [1.807, 2.05) is 30.3 Å². The number of halogens is 2. The fourth-order valence-electron chi connectivity index (χ4n) is 2.22. The molecule has 0 unspecified atom stereocenters. The van der Waals surface area contributed by atoms with Crippen molar-refractivity contribution in [3.05, 3.63) is 74.0 Å². The van der Waals surface area contributed by atoms with Crippen molar-refractivity contribution in [3.63, 3.8) is 0 Å². The largest absolute Gasteiger partial charge is 0.460 e. The van der Waals surface area contributed by atoms with E-state index in [1.54, 1.807) is 12.1 Å². The summed E-state index contributed by atoms with van der Waals surface area (Å²) in [6.07, 6.45) is 0. The van der Waals surface area contributed by atoms with Gasteiger partial charge in [0.05, 0.1) is 10.8 Å². The van der Waals surface area contributed by atoms with Crippen LogP contribution in [0.25, 0.3) is 11.0 Å². The van der Waals surface area contributed by atoms with Gasteiger partial charge in [0, 0.05) is 26.4 Å². The smallest absolute Gasteiger partial charge is 0.336 e. The third kappa shape index (κ3) is 4.66. The Kier molecular flexibility index (Phi) is 5.83. The molecule has 0 fully saturated rings. The summed E-state index contributed by atoms with van der Waals surface area (Å²) in [5.74, 6) is -0.252. The molecule has 25 heavy (non-hydrogen) atoms. The molecule has 128 valence electrons. The summed E-state index contributed by atoms with van der Waals surface area (Å²) >= 11 is 10.7. The Labute approximate surface area is 161 Å². The van der Waals surface area contributed by atoms with E-state index < -0.39 is 5.63 Å². The second-order valence-electron chi connectivity index (χ2n) is 5.11. The molecule has 0 aliphatic heterocycles. The van der Waals surface area contributed by atoms with E-state index in [-0.39, 0.29) is 18.3 Å². The van der Waals surface area contributed by atoms with Crippen LogP contribution >= 0.6 is 39.3 Å². The quantitative estimate of drug-likeness (QED) is 0.316. The molecule has 1 aromatic heterocycles. The maximum Gasteiger partial charge on any atom is 0.336 e. The molecule has 0 radical (unpaired) electrons. The van der Waals surface area contributed by atoms with Gasteiger partial charge in [-0.05, 0) is 30.3 Å². The first-order valence-electron chi connectivity index (χ1n) is 7.28. The van der Waals surface area contributed by atoms with Crippen molar-refractivity contribution in [2.24, 2.45) is 0 Å². The molecule has 4 nitrogen and oxygen atoms in total. The maximum absolute atomic E-state index is 12.0. The van der Waals surface area contributed by atoms with Crippen molar-refractivity contribution >= 4 is 56.2 Å². The van der Waals surface area contributed by atoms with Crippen LogP contribution in [0.1, 0.15) is 5.56 Å². The van der Waals surface area contributed by atoms with Crippen molar-refractivity contribution < 1.29 is 13.9 Å². The van der Waals surface area contributed by atoms with Crippen molar-refractivity contribution in [2.45, 2.75) is 11.5 Å². The highest BCUT2D eigenvalue weighted by Gasteiger charge is 2.10. The Hall–Kier alpha value is -1.76. The number of ether oxygens (including phenoxy) is 1. The molecule has 3 aromatic rings. The SMILES string of the molecule is O=C(CSc1ccccc1Cl)OCc1cc(=O)oc2cc(Br)ccc12. The standard InChI is InChI=1S/C18H12BrClO4S/c19-12-5-6-13-11(7-17(21)24-15(13)8-12)9-23-18(22)10-25-16-4-2-1-3-14(16)20/h1-8H,9-10H2. The van der Waals surface area contributed by atoms with Crippen LogP contribution in [0, 0.1) is 0 Å². The first kappa shape index (κ1) is 18.0. The number of fused-ring (bicyclic) bond motifs is 1. The first-order chi connectivity index (χ1) is 12.0. The molecule has 0 saturated carbocycles. The highest BCUT2D eigenvalue weighted by Crippen LogP contribution is 2.27. The zero-order valence-electron chi connectivity index (χ0n) is 12.8. The lowest BCUT2D eigenvalue weighted by Crippen LogP contribution is -2.09. The molecule has 7 heteroatoms. The van der Waals surface area contributed by atoms with Gasteiger partial charge in [-0.15, -0.1) is 11.8 Å². The highest BCUT2D eigenvalue weighted by atomic mass is 79.9. The topological polar surface area (TPSA) is 56.5 Å². The number of hydrogen-bond donors (Lipinski definition) is 0. The lowest BCUT2D eigenvalue weighted by atomic mass is 10.1. The van der Waals surface area contributed by atoms with Gasteiger partial charge in [0.15, 0.2) is 0 Å². The normalized spacial score (nSPS) is 10.8. The van der Waals surface area contributed by atoms with E-state index in [9.17, 15) is 9.59 Å². The van der Waals surface area contributed by atoms with E-state index in [1.165, 1.54) is 17.8 Å². The summed E-state index contributed by atoms with van der Waals surface area (Å²) in [6, 6.07) is 14.0. The minimum Gasteiger partial charge on any atom is -0.460 e. The molecule has 0 aliphatic carbocycles. The molecule has 3 rings (SSSR count). The van der Waals surface area contributed by atoms with Crippen LogP contribution in [0.5, 0.6) is 0 Å². The zero-order chi connectivity index (χ0) is 17.8. The number of carbonyl (C=O) groups is 1. The molecule has 0 spiro atoms. The van der Waals surface area contributed by atoms with Gasteiger partial charge in [0.1, 0.15) is 12.2 Å². The third-order valence-corrected chi connectivity index (χ3v) is 5.35. The fourth-order valence-corrected chi connectivity index (χ4v) is 3.60. The molecule has 0 aliphatic rings. The summed E-state index contributed by atoms with van der Waals surface area (Å²) in [5, 5.41) is 1.33. The molecule has 2 aromatic carbocycles. The molecule has 0 N–H and O–H groups in total. The molecular formula is C18H12BrClO4S. The van der Waals surface area contributed by atoms with Gasteiger partial charge >= 0.3 is 11.6 Å². The molecule has 0 atom stereocenters. The van der Waals surface area contributed by atoms with E-state index in [0.29, 0.717) is 16.2 Å². The van der Waals surface area contributed by atoms with E-state index in [4.69, 9.17) is 20.8 Å². The summed E-state index contributed by atoms with van der Waals surface area (Å²) in [7, 11) is 0. The van der Waals surface area contributed by atoms with Crippen LogP contribution in [0.3, 0.4) is 0 Å². The summed E-state index contributed by atoms with van der Waals surface area (Å²) in [6.45, 7) is 0.00560. The van der Waals surface area contributed by atoms with Gasteiger partial charge in [-0.25, -0.2) is 4.79 Å². The van der Waals surface area contributed by atoms with Crippen molar-refractivity contribution in [3.8, 4) is 0 Å². The average Bonchev–Trinajstić information content (AvgIpc) is 2.58. The molecule has 0 bridgehead atoms. The summed E-state index contributed by atoms with van der Waals surface area (Å²) < 4.78 is 11.3. The Bertz CT molecular complexity index is 986. The highest BCUT2D eigenvalue weighted by molar-refractivity contribution is 9.10. The second-order valence-corrected chi connectivity index (χ2v) is 7.45. The van der Waals surface area contributed by atoms with Gasteiger partial charge in [0.25, 0.3) is 0 Å². The Morgan fingerprint density at radius 2 is 2.00 bits per heavy atom. The van der Waals surface area contributed by atoms with Crippen LogP contribution in [0.2, 0.25) is 5.02 Å². The van der Waals surface area contributed by atoms with E-state index in [2.05, 4.69) is 15.9 Å². The van der Waals surface area contributed by atoms with Gasteiger partial charge in [-0.2, -0.15) is 0 Å². The van der Waals surface area contributed by atoms with Crippen molar-refractivity contribution in [1.29, 1.82) is 0 Å². The Morgan fingerprint density at radius 1 is 1.20 bits per heavy atom. The number of carbonyl (C=O) groups excluding carboxylic acids is 1. The average molecular weight is 440 g/mol. The van der Waals surface area contributed by atoms with Crippen LogP contribution < -0.4 is 5.63 Å². The van der Waals surface area contributed by atoms with E-state index in [0.717, 1.165) is 14.8 Å². The third-order valence-electron chi connectivity index (χ3n) is 3.36. The zero-order valence-corrected chi connectivity index (χ0v) is 16.0. The van der Waals surface area contributed by atoms with Gasteiger partial charge in [0.2, 0.25) is 0 Å². The maximum atomic E-state index is 12.0. The number of thioether (sulfide) groups is 1. The number of rotatable bonds is 5. The van der Waals surface area contributed by atoms with Crippen LogP contribution in [0.15, 0.2) is 67.1 Å². The van der Waals surface area contributed by atoms with Crippen LogP contribution in [-0.2, 0) is 16.1 Å². The lowest BCUT2D eigenvalue weighted by Gasteiger charge is -2.08. The number of esters is 1. The van der Waals surface area contributed by atoms with E-state index >= 15 is 0 Å². The minimum atomic E-state index is -0.484. The van der Waals surface area contributed by atoms with Crippen LogP contribution in [-0.4, -0.2) is 11.7 Å².